The second-order valence-corrected chi connectivity index (χ2v) is 4.41. The van der Waals surface area contributed by atoms with Gasteiger partial charge >= 0.3 is 0 Å². The molecule has 1 N–H and O–H groups in total. The Bertz CT molecular complexity index is 531. The van der Waals surface area contributed by atoms with Gasteiger partial charge in [0.1, 0.15) is 5.82 Å². The lowest BCUT2D eigenvalue weighted by molar-refractivity contribution is 0.171. The molecule has 0 amide bonds. The van der Waals surface area contributed by atoms with E-state index in [0.717, 1.165) is 0 Å². The summed E-state index contributed by atoms with van der Waals surface area (Å²) in [6.07, 6.45) is -0.863. The molecule has 0 aliphatic rings. The molecule has 1 aromatic heterocycles. The zero-order valence-electron chi connectivity index (χ0n) is 9.01. The van der Waals surface area contributed by atoms with Crippen LogP contribution in [0, 0.1) is 5.82 Å². The highest BCUT2D eigenvalue weighted by Crippen LogP contribution is 2.25. The maximum absolute atomic E-state index is 13.7. The lowest BCUT2D eigenvalue weighted by Crippen LogP contribution is -2.06. The van der Waals surface area contributed by atoms with E-state index in [0.29, 0.717) is 10.3 Å². The van der Waals surface area contributed by atoms with E-state index in [4.69, 9.17) is 0 Å². The fourth-order valence-corrected chi connectivity index (χ4v) is 1.85. The lowest BCUT2D eigenvalue weighted by Gasteiger charge is -2.10. The molecule has 1 atom stereocenters. The molecule has 0 bridgehead atoms. The molecule has 2 rings (SSSR count). The van der Waals surface area contributed by atoms with Gasteiger partial charge in [-0.3, -0.25) is 0 Å². The van der Waals surface area contributed by atoms with Crippen molar-refractivity contribution in [2.24, 2.45) is 7.05 Å². The first-order chi connectivity index (χ1) is 8.08. The molecule has 0 saturated heterocycles. The third kappa shape index (κ3) is 2.67. The van der Waals surface area contributed by atoms with Crippen LogP contribution in [0.3, 0.4) is 0 Å². The van der Waals surface area contributed by atoms with Crippen LogP contribution >= 0.6 is 15.9 Å². The number of aryl methyl sites for hydroxylation is 1. The Labute approximate surface area is 105 Å². The minimum Gasteiger partial charge on any atom is -0.388 e. The standard InChI is InChI=1S/C10H10BrFN4O/c1-16-14-9(13-15-16)5-8(17)6-3-2-4-7(11)10(6)12/h2-4,8,17H,5H2,1H3. The molecule has 0 spiro atoms. The summed E-state index contributed by atoms with van der Waals surface area (Å²) < 4.78 is 14.0. The fourth-order valence-electron chi connectivity index (χ4n) is 1.47. The molecular formula is C10H10BrFN4O. The predicted octanol–water partition coefficient (Wildman–Crippen LogP) is 1.39. The van der Waals surface area contributed by atoms with Gasteiger partial charge in [0.25, 0.3) is 0 Å². The summed E-state index contributed by atoms with van der Waals surface area (Å²) in [5.74, 6) is -0.0942. The molecule has 1 aromatic carbocycles. The van der Waals surface area contributed by atoms with Gasteiger partial charge in [0.05, 0.1) is 17.6 Å². The quantitative estimate of drug-likeness (QED) is 0.930. The zero-order valence-corrected chi connectivity index (χ0v) is 10.6. The normalized spacial score (nSPS) is 12.7. The Kier molecular flexibility index (Phi) is 3.49. The summed E-state index contributed by atoms with van der Waals surface area (Å²) in [6, 6.07) is 4.77. The second kappa shape index (κ2) is 4.89. The number of tetrazole rings is 1. The fraction of sp³-hybridized carbons (Fsp3) is 0.300. The average molecular weight is 301 g/mol. The summed E-state index contributed by atoms with van der Waals surface area (Å²) in [5.41, 5.74) is 0.215. The van der Waals surface area contributed by atoms with Gasteiger partial charge in [-0.1, -0.05) is 12.1 Å². The molecule has 0 radical (unpaired) electrons. The van der Waals surface area contributed by atoms with Gasteiger partial charge in [-0.05, 0) is 27.2 Å². The molecule has 0 fully saturated rings. The maximum atomic E-state index is 13.7. The first-order valence-corrected chi connectivity index (χ1v) is 5.72. The van der Waals surface area contributed by atoms with E-state index < -0.39 is 11.9 Å². The Morgan fingerprint density at radius 2 is 2.29 bits per heavy atom. The summed E-state index contributed by atoms with van der Waals surface area (Å²) in [5, 5.41) is 21.2. The Morgan fingerprint density at radius 3 is 2.94 bits per heavy atom. The van der Waals surface area contributed by atoms with Gasteiger partial charge in [0, 0.05) is 12.0 Å². The topological polar surface area (TPSA) is 63.8 Å². The van der Waals surface area contributed by atoms with Crippen molar-refractivity contribution in [3.63, 3.8) is 0 Å². The molecule has 5 nitrogen and oxygen atoms in total. The molecule has 17 heavy (non-hydrogen) atoms. The van der Waals surface area contributed by atoms with Crippen molar-refractivity contribution in [3.05, 3.63) is 39.9 Å². The highest BCUT2D eigenvalue weighted by atomic mass is 79.9. The number of nitrogens with zero attached hydrogens (tertiary/aromatic N) is 4. The smallest absolute Gasteiger partial charge is 0.177 e. The average Bonchev–Trinajstić information content (AvgIpc) is 2.68. The molecule has 90 valence electrons. The molecule has 2 aromatic rings. The summed E-state index contributed by atoms with van der Waals surface area (Å²) in [7, 11) is 1.63. The number of aromatic nitrogens is 4. The summed E-state index contributed by atoms with van der Waals surface area (Å²) in [4.78, 5) is 1.29. The van der Waals surface area contributed by atoms with E-state index in [2.05, 4.69) is 31.3 Å². The summed E-state index contributed by atoms with van der Waals surface area (Å²) >= 11 is 3.07. The highest BCUT2D eigenvalue weighted by molar-refractivity contribution is 9.10. The van der Waals surface area contributed by atoms with Gasteiger partial charge in [-0.25, -0.2) is 4.39 Å². The van der Waals surface area contributed by atoms with Gasteiger partial charge in [-0.2, -0.15) is 4.80 Å². The maximum Gasteiger partial charge on any atom is 0.177 e. The van der Waals surface area contributed by atoms with Crippen LogP contribution in [0.2, 0.25) is 0 Å². The van der Waals surface area contributed by atoms with Crippen molar-refractivity contribution in [1.82, 2.24) is 20.2 Å². The van der Waals surface area contributed by atoms with Gasteiger partial charge in [0.2, 0.25) is 0 Å². The number of aliphatic hydroxyl groups is 1. The van der Waals surface area contributed by atoms with Gasteiger partial charge < -0.3 is 5.11 Å². The van der Waals surface area contributed by atoms with Crippen LogP contribution in [-0.4, -0.2) is 25.3 Å². The first kappa shape index (κ1) is 12.1. The van der Waals surface area contributed by atoms with Crippen LogP contribution < -0.4 is 0 Å². The van der Waals surface area contributed by atoms with Crippen molar-refractivity contribution in [2.75, 3.05) is 0 Å². The van der Waals surface area contributed by atoms with E-state index >= 15 is 0 Å². The SMILES string of the molecule is Cn1nnc(CC(O)c2cccc(Br)c2F)n1. The van der Waals surface area contributed by atoms with Crippen molar-refractivity contribution in [3.8, 4) is 0 Å². The van der Waals surface area contributed by atoms with E-state index in [1.807, 2.05) is 0 Å². The minimum absolute atomic E-state index is 0.126. The van der Waals surface area contributed by atoms with Crippen molar-refractivity contribution < 1.29 is 9.50 Å². The minimum atomic E-state index is -0.989. The third-order valence-corrected chi connectivity index (χ3v) is 2.88. The van der Waals surface area contributed by atoms with Gasteiger partial charge in [0.15, 0.2) is 5.82 Å². The molecule has 1 unspecified atom stereocenters. The van der Waals surface area contributed by atoms with Gasteiger partial charge in [-0.15, -0.1) is 10.2 Å². The van der Waals surface area contributed by atoms with Crippen LogP contribution in [0.25, 0.3) is 0 Å². The van der Waals surface area contributed by atoms with E-state index in [9.17, 15) is 9.50 Å². The summed E-state index contributed by atoms with van der Waals surface area (Å²) in [6.45, 7) is 0. The van der Waals surface area contributed by atoms with Crippen LogP contribution in [-0.2, 0) is 13.5 Å². The number of hydrogen-bond acceptors (Lipinski definition) is 4. The number of halogens is 2. The Balaban J connectivity index is 2.20. The number of aliphatic hydroxyl groups excluding tert-OH is 1. The van der Waals surface area contributed by atoms with Crippen LogP contribution in [0.5, 0.6) is 0 Å². The second-order valence-electron chi connectivity index (χ2n) is 3.56. The molecule has 0 aliphatic carbocycles. The van der Waals surface area contributed by atoms with E-state index in [-0.39, 0.29) is 12.0 Å². The van der Waals surface area contributed by atoms with Crippen molar-refractivity contribution in [1.29, 1.82) is 0 Å². The largest absolute Gasteiger partial charge is 0.388 e. The van der Waals surface area contributed by atoms with E-state index in [1.54, 1.807) is 19.2 Å². The Hall–Kier alpha value is -1.34. The monoisotopic (exact) mass is 300 g/mol. The first-order valence-electron chi connectivity index (χ1n) is 4.93. The van der Waals surface area contributed by atoms with Crippen molar-refractivity contribution >= 4 is 15.9 Å². The van der Waals surface area contributed by atoms with Crippen LogP contribution in [0.1, 0.15) is 17.5 Å². The molecular weight excluding hydrogens is 291 g/mol. The van der Waals surface area contributed by atoms with Crippen molar-refractivity contribution in [2.45, 2.75) is 12.5 Å². The molecule has 0 saturated carbocycles. The molecule has 0 aliphatic heterocycles. The lowest BCUT2D eigenvalue weighted by atomic mass is 10.1. The van der Waals surface area contributed by atoms with E-state index in [1.165, 1.54) is 10.9 Å². The highest BCUT2D eigenvalue weighted by Gasteiger charge is 2.17. The van der Waals surface area contributed by atoms with Crippen LogP contribution in [0.15, 0.2) is 22.7 Å². The van der Waals surface area contributed by atoms with Crippen LogP contribution in [0.4, 0.5) is 4.39 Å². The molecule has 7 heteroatoms. The number of rotatable bonds is 3. The zero-order chi connectivity index (χ0) is 12.4. The molecule has 1 heterocycles. The third-order valence-electron chi connectivity index (χ3n) is 2.27. The number of hydrogen-bond donors (Lipinski definition) is 1. The number of benzene rings is 1. The predicted molar refractivity (Wildman–Crippen MR) is 61.6 cm³/mol. The Morgan fingerprint density at radius 1 is 1.53 bits per heavy atom.